The number of aliphatic hydroxyl groups is 2. The van der Waals surface area contributed by atoms with Gasteiger partial charge in [0.1, 0.15) is 25.4 Å². The number of aliphatic hydroxyl groups excluding tert-OH is 2. The van der Waals surface area contributed by atoms with Gasteiger partial charge in [-0.1, -0.05) is 246 Å². The molecule has 0 spiro atoms. The molecule has 0 aromatic carbocycles. The van der Waals surface area contributed by atoms with E-state index in [1.54, 1.807) is 0 Å². The summed E-state index contributed by atoms with van der Waals surface area (Å²) in [5.74, 6) is -1.61. The van der Waals surface area contributed by atoms with E-state index in [0.717, 1.165) is 148 Å². The molecule has 524 valence electrons. The Morgan fingerprint density at radius 1 is 0.319 bits per heavy atom. The topological polar surface area (TPSA) is 231 Å². The van der Waals surface area contributed by atoms with Crippen LogP contribution in [0.5, 0.6) is 0 Å². The van der Waals surface area contributed by atoms with Crippen molar-refractivity contribution in [1.82, 2.24) is 0 Å². The Morgan fingerprint density at radius 2 is 0.604 bits per heavy atom. The summed E-state index contributed by atoms with van der Waals surface area (Å²) in [5.41, 5.74) is 0. The molecule has 0 bridgehead atoms. The number of hydrogen-bond acceptors (Lipinski definition) is 14. The van der Waals surface area contributed by atoms with Crippen molar-refractivity contribution < 1.29 is 75.8 Å². The highest BCUT2D eigenvalue weighted by atomic mass is 31.2. The van der Waals surface area contributed by atoms with Gasteiger partial charge in [-0.05, 0) is 122 Å². The van der Waals surface area contributed by atoms with E-state index in [1.807, 2.05) is 0 Å². The maximum Gasteiger partial charge on any atom is 0.472 e. The first-order valence-corrected chi connectivity index (χ1v) is 38.2. The number of hydrogen-bond donors (Lipinski definition) is 4. The molecule has 5 atom stereocenters. The Labute approximate surface area is 551 Å². The van der Waals surface area contributed by atoms with Crippen LogP contribution >= 0.6 is 15.6 Å². The Hall–Kier alpha value is -3.79. The lowest BCUT2D eigenvalue weighted by atomic mass is 10.0. The molecule has 4 N–H and O–H groups in total. The number of rotatable bonds is 66. The standard InChI is InChI=1S/C73H126O16P2/c1-4-7-10-13-16-19-22-25-27-28-29-30-31-32-33-34-35-36-37-38-40-43-44-47-50-53-56-59-71(76)83-62-68(74)63-85-90(79,80)86-64-69(75)65-87-91(81,82)88-67-70(89-73(78)61-58-55-52-49-46-41-24-21-18-15-12-9-6-3)66-84-72(77)60-57-54-51-48-45-42-39-26-23-20-17-14-11-8-5-2/h8,11-12,15-17,19-21,24-27,29-30,32-33,39,68-70,74-75H,4-7,9-10,13-14,18,22-23,28,31,34-38,40-67H2,1-3H3,(H,79,80)(H,81,82)/b11-8-,15-12-,19-16-,20-17-,24-21-,27-25-,30-29-,33-32-,39-26-. The second kappa shape index (κ2) is 66.2. The molecule has 0 aromatic rings. The molecule has 0 aliphatic heterocycles. The number of phosphoric ester groups is 2. The Balaban J connectivity index is 4.50. The van der Waals surface area contributed by atoms with Crippen LogP contribution in [0.25, 0.3) is 0 Å². The first-order chi connectivity index (χ1) is 44.2. The van der Waals surface area contributed by atoms with E-state index in [2.05, 4.69) is 130 Å². The molecular weight excluding hydrogens is 1190 g/mol. The zero-order valence-electron chi connectivity index (χ0n) is 56.7. The van der Waals surface area contributed by atoms with Crippen LogP contribution in [-0.2, 0) is 55.8 Å². The van der Waals surface area contributed by atoms with Gasteiger partial charge < -0.3 is 34.2 Å². The predicted molar refractivity (Wildman–Crippen MR) is 371 cm³/mol. The summed E-state index contributed by atoms with van der Waals surface area (Å²) in [6.07, 6.45) is 74.4. The SMILES string of the molecule is CC/C=C\C/C=C\C/C=C\CCCCCCCC(=O)OCC(COP(=O)(O)OCC(O)COP(=O)(O)OCC(O)COC(=O)CCCCCCCCCCCCC/C=C\C/C=C\C/C=C\C/C=C\CCCCC)OC(=O)CCCCCCC/C=C\C/C=C\CCC. The Bertz CT molecular complexity index is 2100. The molecule has 5 unspecified atom stereocenters. The third-order valence-electron chi connectivity index (χ3n) is 14.4. The monoisotopic (exact) mass is 1320 g/mol. The third-order valence-corrected chi connectivity index (χ3v) is 16.3. The molecule has 0 amide bonds. The summed E-state index contributed by atoms with van der Waals surface area (Å²) in [4.78, 5) is 58.3. The fourth-order valence-corrected chi connectivity index (χ4v) is 10.7. The second-order valence-electron chi connectivity index (χ2n) is 23.3. The lowest BCUT2D eigenvalue weighted by molar-refractivity contribution is -0.161. The maximum atomic E-state index is 12.9. The molecule has 0 aromatic heterocycles. The van der Waals surface area contributed by atoms with Crippen molar-refractivity contribution >= 4 is 33.6 Å². The van der Waals surface area contributed by atoms with Gasteiger partial charge >= 0.3 is 33.6 Å². The highest BCUT2D eigenvalue weighted by Gasteiger charge is 2.29. The van der Waals surface area contributed by atoms with Gasteiger partial charge in [0.25, 0.3) is 0 Å². The van der Waals surface area contributed by atoms with Crippen molar-refractivity contribution in [3.63, 3.8) is 0 Å². The largest absolute Gasteiger partial charge is 0.472 e. The van der Waals surface area contributed by atoms with Crippen LogP contribution in [0.15, 0.2) is 109 Å². The van der Waals surface area contributed by atoms with Gasteiger partial charge in [-0.25, -0.2) is 9.13 Å². The zero-order valence-corrected chi connectivity index (χ0v) is 58.5. The summed E-state index contributed by atoms with van der Waals surface area (Å²) >= 11 is 0. The van der Waals surface area contributed by atoms with Crippen molar-refractivity contribution in [2.24, 2.45) is 0 Å². The fourth-order valence-electron chi connectivity index (χ4n) is 9.08. The van der Waals surface area contributed by atoms with Crippen LogP contribution < -0.4 is 0 Å². The van der Waals surface area contributed by atoms with Gasteiger partial charge in [-0.3, -0.25) is 32.5 Å². The number of carbonyl (C=O) groups excluding carboxylic acids is 3. The summed E-state index contributed by atoms with van der Waals surface area (Å²) in [7, 11) is -9.78. The van der Waals surface area contributed by atoms with Gasteiger partial charge in [0.2, 0.25) is 0 Å². The molecule has 18 heteroatoms. The average molecular weight is 1320 g/mol. The summed E-state index contributed by atoms with van der Waals surface area (Å²) in [6, 6.07) is 0. The first kappa shape index (κ1) is 87.2. The highest BCUT2D eigenvalue weighted by Crippen LogP contribution is 2.45. The normalized spacial score (nSPS) is 14.8. The highest BCUT2D eigenvalue weighted by molar-refractivity contribution is 7.47. The average Bonchev–Trinajstić information content (AvgIpc) is 3.64. The van der Waals surface area contributed by atoms with Crippen LogP contribution in [0.4, 0.5) is 0 Å². The molecule has 16 nitrogen and oxygen atoms in total. The van der Waals surface area contributed by atoms with E-state index in [-0.39, 0.29) is 19.3 Å². The van der Waals surface area contributed by atoms with Crippen molar-refractivity contribution in [3.05, 3.63) is 109 Å². The molecule has 0 aliphatic carbocycles. The Morgan fingerprint density at radius 3 is 0.967 bits per heavy atom. The minimum absolute atomic E-state index is 0.0828. The van der Waals surface area contributed by atoms with Crippen LogP contribution in [0.1, 0.15) is 278 Å². The third kappa shape index (κ3) is 67.4. The van der Waals surface area contributed by atoms with Crippen molar-refractivity contribution in [2.45, 2.75) is 296 Å². The van der Waals surface area contributed by atoms with E-state index in [0.29, 0.717) is 19.3 Å². The molecule has 0 fully saturated rings. The van der Waals surface area contributed by atoms with E-state index in [1.165, 1.54) is 70.6 Å². The zero-order chi connectivity index (χ0) is 66.7. The maximum absolute atomic E-state index is 12.9. The van der Waals surface area contributed by atoms with E-state index < -0.39 is 91.5 Å². The lowest BCUT2D eigenvalue weighted by Gasteiger charge is -2.21. The number of phosphoric acid groups is 2. The number of esters is 3. The van der Waals surface area contributed by atoms with Crippen molar-refractivity contribution in [1.29, 1.82) is 0 Å². The number of allylic oxidation sites excluding steroid dienone is 18. The molecule has 0 radical (unpaired) electrons. The minimum atomic E-state index is -4.93. The molecule has 0 saturated heterocycles. The van der Waals surface area contributed by atoms with Gasteiger partial charge in [0.05, 0.1) is 26.4 Å². The van der Waals surface area contributed by atoms with E-state index in [4.69, 9.17) is 32.3 Å². The lowest BCUT2D eigenvalue weighted by Crippen LogP contribution is -2.30. The second-order valence-corrected chi connectivity index (χ2v) is 26.2. The number of unbranched alkanes of at least 4 members (excludes halogenated alkanes) is 25. The van der Waals surface area contributed by atoms with E-state index >= 15 is 0 Å². The molecule has 0 saturated carbocycles. The van der Waals surface area contributed by atoms with Crippen LogP contribution in [0, 0.1) is 0 Å². The van der Waals surface area contributed by atoms with E-state index in [9.17, 15) is 43.5 Å². The van der Waals surface area contributed by atoms with Crippen molar-refractivity contribution in [2.75, 3.05) is 39.6 Å². The molecule has 0 heterocycles. The van der Waals surface area contributed by atoms with Crippen LogP contribution in [0.3, 0.4) is 0 Å². The smallest absolute Gasteiger partial charge is 0.463 e. The Kier molecular flexibility index (Phi) is 63.5. The molecule has 0 aliphatic rings. The summed E-state index contributed by atoms with van der Waals surface area (Å²) in [5, 5.41) is 20.6. The van der Waals surface area contributed by atoms with Crippen LogP contribution in [-0.4, -0.2) is 95.9 Å². The summed E-state index contributed by atoms with van der Waals surface area (Å²) in [6.45, 7) is 2.42. The van der Waals surface area contributed by atoms with Gasteiger partial charge in [0.15, 0.2) is 6.10 Å². The minimum Gasteiger partial charge on any atom is -0.463 e. The van der Waals surface area contributed by atoms with Gasteiger partial charge in [-0.2, -0.15) is 0 Å². The van der Waals surface area contributed by atoms with Gasteiger partial charge in [-0.15, -0.1) is 0 Å². The van der Waals surface area contributed by atoms with Crippen molar-refractivity contribution in [3.8, 4) is 0 Å². The predicted octanol–water partition coefficient (Wildman–Crippen LogP) is 19.6. The van der Waals surface area contributed by atoms with Crippen LogP contribution in [0.2, 0.25) is 0 Å². The summed E-state index contributed by atoms with van der Waals surface area (Å²) < 4.78 is 60.8. The molecule has 0 rings (SSSR count). The molecule has 91 heavy (non-hydrogen) atoms. The number of carbonyl (C=O) groups is 3. The quantitative estimate of drug-likeness (QED) is 0.0146. The van der Waals surface area contributed by atoms with Gasteiger partial charge in [0, 0.05) is 19.3 Å². The number of ether oxygens (including phenoxy) is 3. The fraction of sp³-hybridized carbons (Fsp3) is 0.712. The first-order valence-electron chi connectivity index (χ1n) is 35.2. The molecular formula is C73H126O16P2.